The zero-order valence-electron chi connectivity index (χ0n) is 28.4. The second-order valence-electron chi connectivity index (χ2n) is 17.2. The maximum atomic E-state index is 2.52. The smallest absolute Gasteiger partial charge is 0.0540 e. The zero-order chi connectivity index (χ0) is 31.6. The van der Waals surface area contributed by atoms with Crippen molar-refractivity contribution in [2.45, 2.75) is 83.5 Å². The van der Waals surface area contributed by atoms with Gasteiger partial charge in [-0.2, -0.15) is 0 Å². The van der Waals surface area contributed by atoms with E-state index in [1.165, 1.54) is 75.8 Å². The molecule has 4 aliphatic rings. The third-order valence-corrected chi connectivity index (χ3v) is 13.0. The molecule has 0 N–H and O–H groups in total. The third-order valence-electron chi connectivity index (χ3n) is 13.0. The zero-order valence-corrected chi connectivity index (χ0v) is 28.4. The Kier molecular flexibility index (Phi) is 5.78. The Labute approximate surface area is 275 Å². The molecule has 4 saturated carbocycles. The first-order valence-electron chi connectivity index (χ1n) is 17.7. The van der Waals surface area contributed by atoms with Crippen LogP contribution in [0.5, 0.6) is 0 Å². The minimum atomic E-state index is 0.0311. The first-order valence-corrected chi connectivity index (χ1v) is 17.7. The summed E-state index contributed by atoms with van der Waals surface area (Å²) in [5, 5.41) is 2.88. The highest BCUT2D eigenvalue weighted by Gasteiger charge is 2.87. The predicted molar refractivity (Wildman–Crippen MR) is 195 cm³/mol. The van der Waals surface area contributed by atoms with Gasteiger partial charge in [-0.3, -0.25) is 0 Å². The van der Waals surface area contributed by atoms with E-state index in [1.54, 1.807) is 5.56 Å². The first kappa shape index (κ1) is 28.4. The van der Waals surface area contributed by atoms with Crippen molar-refractivity contribution in [1.82, 2.24) is 0 Å². The van der Waals surface area contributed by atoms with Gasteiger partial charge in [0.15, 0.2) is 0 Å². The standard InChI is InChI=1S/C45H47N/c1-42(2,3)30-22-31(43(4,5)6)26-36(25-30)46(35-16-8-7-9-17-35)40-21-11-10-18-37(40)38-19-12-14-29-15-13-20-39(41(29)38)44-27-33-23-32-24-34(28-44)45(32,33)44/h7-22,25-26,32-34H,23-24,27-28H2,1-6H3. The van der Waals surface area contributed by atoms with Gasteiger partial charge in [-0.05, 0) is 123 Å². The van der Waals surface area contributed by atoms with E-state index in [0.29, 0.717) is 10.8 Å². The normalized spacial score (nSPS) is 27.4. The second-order valence-corrected chi connectivity index (χ2v) is 17.2. The molecule has 0 heterocycles. The summed E-state index contributed by atoms with van der Waals surface area (Å²) in [6, 6.07) is 41.7. The van der Waals surface area contributed by atoms with Crippen molar-refractivity contribution < 1.29 is 0 Å². The molecule has 46 heavy (non-hydrogen) atoms. The molecule has 9 rings (SSSR count). The summed E-state index contributed by atoms with van der Waals surface area (Å²) in [5.41, 5.74) is 11.8. The highest BCUT2D eigenvalue weighted by molar-refractivity contribution is 6.04. The number of rotatable bonds is 5. The number of anilines is 3. The summed E-state index contributed by atoms with van der Waals surface area (Å²) in [6.45, 7) is 14.0. The Balaban J connectivity index is 1.28. The molecule has 2 atom stereocenters. The van der Waals surface area contributed by atoms with Crippen LogP contribution < -0.4 is 4.90 Å². The van der Waals surface area contributed by atoms with Gasteiger partial charge in [0.05, 0.1) is 5.69 Å². The Hall–Kier alpha value is -3.84. The van der Waals surface area contributed by atoms with Crippen LogP contribution in [0.4, 0.5) is 17.1 Å². The molecular formula is C45H47N. The molecule has 4 aliphatic carbocycles. The minimum absolute atomic E-state index is 0.0311. The molecule has 232 valence electrons. The van der Waals surface area contributed by atoms with E-state index < -0.39 is 0 Å². The highest BCUT2D eigenvalue weighted by atomic mass is 15.1. The van der Waals surface area contributed by atoms with Crippen molar-refractivity contribution in [2.24, 2.45) is 23.2 Å². The Morgan fingerprint density at radius 3 is 1.76 bits per heavy atom. The molecular weight excluding hydrogens is 555 g/mol. The number of para-hydroxylation sites is 2. The van der Waals surface area contributed by atoms with Crippen molar-refractivity contribution in [3.8, 4) is 11.1 Å². The van der Waals surface area contributed by atoms with Gasteiger partial charge >= 0.3 is 0 Å². The average molecular weight is 602 g/mol. The van der Waals surface area contributed by atoms with E-state index >= 15 is 0 Å². The summed E-state index contributed by atoms with van der Waals surface area (Å²) >= 11 is 0. The van der Waals surface area contributed by atoms with Crippen LogP contribution in [-0.2, 0) is 16.2 Å². The second kappa shape index (κ2) is 9.37. The molecule has 2 unspecified atom stereocenters. The fourth-order valence-corrected chi connectivity index (χ4v) is 10.9. The lowest BCUT2D eigenvalue weighted by Crippen LogP contribution is -2.87. The molecule has 1 nitrogen and oxygen atoms in total. The van der Waals surface area contributed by atoms with Gasteiger partial charge in [0, 0.05) is 22.4 Å². The van der Waals surface area contributed by atoms with E-state index in [-0.39, 0.29) is 10.8 Å². The molecule has 0 aromatic heterocycles. The lowest BCUT2D eigenvalue weighted by atomic mass is 9.12. The summed E-state index contributed by atoms with van der Waals surface area (Å²) in [4.78, 5) is 2.52. The summed E-state index contributed by atoms with van der Waals surface area (Å²) in [5.74, 6) is 2.96. The van der Waals surface area contributed by atoms with Crippen molar-refractivity contribution in [3.63, 3.8) is 0 Å². The van der Waals surface area contributed by atoms with Gasteiger partial charge in [0.2, 0.25) is 0 Å². The Morgan fingerprint density at radius 2 is 1.15 bits per heavy atom. The first-order chi connectivity index (χ1) is 22.0. The molecule has 1 heteroatoms. The van der Waals surface area contributed by atoms with Crippen molar-refractivity contribution in [3.05, 3.63) is 126 Å². The van der Waals surface area contributed by atoms with Crippen LogP contribution in [0, 0.1) is 23.2 Å². The lowest BCUT2D eigenvalue weighted by molar-refractivity contribution is -0.394. The molecule has 1 spiro atoms. The third kappa shape index (κ3) is 3.64. The topological polar surface area (TPSA) is 3.24 Å². The summed E-state index contributed by atoms with van der Waals surface area (Å²) in [6.07, 6.45) is 5.80. The van der Waals surface area contributed by atoms with E-state index in [0.717, 1.165) is 17.8 Å². The van der Waals surface area contributed by atoms with E-state index in [9.17, 15) is 0 Å². The van der Waals surface area contributed by atoms with Crippen LogP contribution in [-0.4, -0.2) is 0 Å². The Morgan fingerprint density at radius 1 is 0.565 bits per heavy atom. The van der Waals surface area contributed by atoms with E-state index in [1.807, 2.05) is 0 Å². The average Bonchev–Trinajstić information content (AvgIpc) is 2.99. The minimum Gasteiger partial charge on any atom is -0.310 e. The molecule has 0 radical (unpaired) electrons. The van der Waals surface area contributed by atoms with Gasteiger partial charge in [0.1, 0.15) is 0 Å². The Bertz CT molecular complexity index is 1940. The van der Waals surface area contributed by atoms with Crippen LogP contribution in [0.15, 0.2) is 109 Å². The molecule has 5 aromatic carbocycles. The van der Waals surface area contributed by atoms with Crippen LogP contribution >= 0.6 is 0 Å². The van der Waals surface area contributed by atoms with Gasteiger partial charge in [-0.25, -0.2) is 0 Å². The van der Waals surface area contributed by atoms with Crippen molar-refractivity contribution >= 4 is 27.8 Å². The quantitative estimate of drug-likeness (QED) is 0.194. The molecule has 4 fully saturated rings. The van der Waals surface area contributed by atoms with Gasteiger partial charge < -0.3 is 4.90 Å². The van der Waals surface area contributed by atoms with Gasteiger partial charge in [-0.15, -0.1) is 0 Å². The number of benzene rings is 5. The predicted octanol–water partition coefficient (Wildman–Crippen LogP) is 12.3. The van der Waals surface area contributed by atoms with E-state index in [2.05, 4.69) is 156 Å². The van der Waals surface area contributed by atoms with Crippen LogP contribution in [0.2, 0.25) is 0 Å². The van der Waals surface area contributed by atoms with E-state index in [4.69, 9.17) is 0 Å². The molecule has 5 aromatic rings. The fourth-order valence-electron chi connectivity index (χ4n) is 10.9. The molecule has 0 saturated heterocycles. The van der Waals surface area contributed by atoms with Crippen LogP contribution in [0.3, 0.4) is 0 Å². The SMILES string of the molecule is CC(C)(C)c1cc(N(c2ccccc2)c2ccccc2-c2cccc3cccc(C45CC6CC7CC(C4)C765)c23)cc(C(C)(C)C)c1. The van der Waals surface area contributed by atoms with Gasteiger partial charge in [-0.1, -0.05) is 120 Å². The van der Waals surface area contributed by atoms with Crippen LogP contribution in [0.1, 0.15) is 83.9 Å². The monoisotopic (exact) mass is 601 g/mol. The number of nitrogens with zero attached hydrogens (tertiary/aromatic N) is 1. The number of hydrogen-bond acceptors (Lipinski definition) is 1. The maximum absolute atomic E-state index is 2.52. The summed E-state index contributed by atoms with van der Waals surface area (Å²) < 4.78 is 0. The van der Waals surface area contributed by atoms with Crippen molar-refractivity contribution in [1.29, 1.82) is 0 Å². The number of hydrogen-bond donors (Lipinski definition) is 0. The highest BCUT2D eigenvalue weighted by Crippen LogP contribution is 2.93. The van der Waals surface area contributed by atoms with Crippen molar-refractivity contribution in [2.75, 3.05) is 4.90 Å². The van der Waals surface area contributed by atoms with Crippen LogP contribution in [0.25, 0.3) is 21.9 Å². The number of fused-ring (bicyclic) bond motifs is 1. The molecule has 0 amide bonds. The summed E-state index contributed by atoms with van der Waals surface area (Å²) in [7, 11) is 0. The largest absolute Gasteiger partial charge is 0.310 e. The molecule has 0 aliphatic heterocycles. The molecule has 0 bridgehead atoms. The maximum Gasteiger partial charge on any atom is 0.0540 e. The van der Waals surface area contributed by atoms with Gasteiger partial charge in [0.25, 0.3) is 0 Å². The lowest BCUT2D eigenvalue weighted by Gasteiger charge is -2.91. The fraction of sp³-hybridized carbons (Fsp3) is 0.378.